The van der Waals surface area contributed by atoms with E-state index < -0.39 is 0 Å². The summed E-state index contributed by atoms with van der Waals surface area (Å²) < 4.78 is 0. The molecule has 0 aliphatic heterocycles. The van der Waals surface area contributed by atoms with Crippen LogP contribution >= 0.6 is 11.3 Å². The average Bonchev–Trinajstić information content (AvgIpc) is 2.37. The Balaban J connectivity index is 0.000000226. The van der Waals surface area contributed by atoms with E-state index in [9.17, 15) is 0 Å². The molecule has 0 aromatic carbocycles. The molecule has 2 N–H and O–H groups in total. The normalized spacial score (nSPS) is 9.54. The van der Waals surface area contributed by atoms with Crippen LogP contribution in [-0.4, -0.2) is 35.8 Å². The summed E-state index contributed by atoms with van der Waals surface area (Å²) in [6.07, 6.45) is 1.26. The van der Waals surface area contributed by atoms with Crippen LogP contribution in [0.5, 0.6) is 10.8 Å². The van der Waals surface area contributed by atoms with Gasteiger partial charge in [-0.25, -0.2) is 0 Å². The molecule has 0 unspecified atom stereocenters. The van der Waals surface area contributed by atoms with Crippen LogP contribution in [0.3, 0.4) is 0 Å². The highest BCUT2D eigenvalue weighted by atomic mass is 32.1. The summed E-state index contributed by atoms with van der Waals surface area (Å²) in [5.41, 5.74) is 0. The Kier molecular flexibility index (Phi) is 6.36. The fourth-order valence-electron chi connectivity index (χ4n) is 0.742. The molecule has 0 atom stereocenters. The summed E-state index contributed by atoms with van der Waals surface area (Å²) in [5, 5.41) is 18.6. The topological polar surface area (TPSA) is 43.7 Å². The largest absolute Gasteiger partial charge is 0.504 e. The third-order valence-corrected chi connectivity index (χ3v) is 2.00. The molecule has 0 bridgehead atoms. The van der Waals surface area contributed by atoms with Crippen LogP contribution in [0.4, 0.5) is 0 Å². The van der Waals surface area contributed by atoms with E-state index in [4.69, 9.17) is 10.2 Å². The lowest BCUT2D eigenvalue weighted by Crippen LogP contribution is -2.11. The molecule has 0 aliphatic rings. The molecule has 4 heteroatoms. The van der Waals surface area contributed by atoms with Crippen molar-refractivity contribution in [1.82, 2.24) is 4.90 Å². The quantitative estimate of drug-likeness (QED) is 0.773. The molecule has 1 aromatic rings. The van der Waals surface area contributed by atoms with Gasteiger partial charge in [-0.3, -0.25) is 0 Å². The van der Waals surface area contributed by atoms with Crippen LogP contribution in [0.15, 0.2) is 11.4 Å². The Morgan fingerprint density at radius 3 is 2.08 bits per heavy atom. The fraction of sp³-hybridized carbons (Fsp3) is 0.556. The first-order chi connectivity index (χ1) is 6.07. The fourth-order valence-corrected chi connectivity index (χ4v) is 1.26. The van der Waals surface area contributed by atoms with Gasteiger partial charge in [0.25, 0.3) is 0 Å². The zero-order chi connectivity index (χ0) is 10.3. The number of aromatic hydroxyl groups is 2. The Labute approximate surface area is 83.3 Å². The van der Waals surface area contributed by atoms with Crippen LogP contribution in [0.25, 0.3) is 0 Å². The second-order valence-electron chi connectivity index (χ2n) is 2.91. The highest BCUT2D eigenvalue weighted by molar-refractivity contribution is 7.12. The summed E-state index contributed by atoms with van der Waals surface area (Å²) in [5.74, 6) is -0.0370. The van der Waals surface area contributed by atoms with E-state index >= 15 is 0 Å². The summed E-state index contributed by atoms with van der Waals surface area (Å²) in [7, 11) is 4.17. The van der Waals surface area contributed by atoms with Gasteiger partial charge in [0.1, 0.15) is 0 Å². The minimum atomic E-state index is -0.0370. The van der Waals surface area contributed by atoms with Gasteiger partial charge in [0.15, 0.2) is 5.75 Å². The van der Waals surface area contributed by atoms with E-state index in [0.29, 0.717) is 0 Å². The van der Waals surface area contributed by atoms with Gasteiger partial charge in [-0.15, -0.1) is 11.3 Å². The standard InChI is InChI=1S/C5H13N.C4H4O2S/c1-4-5-6(2)3;5-3-1-2-7-4(3)6/h4-5H2,1-3H3;1-2,5-6H. The smallest absolute Gasteiger partial charge is 0.214 e. The average molecular weight is 203 g/mol. The van der Waals surface area contributed by atoms with Crippen LogP contribution in [0.1, 0.15) is 13.3 Å². The van der Waals surface area contributed by atoms with Gasteiger partial charge in [-0.1, -0.05) is 6.92 Å². The third kappa shape index (κ3) is 6.42. The molecule has 76 valence electrons. The maximum Gasteiger partial charge on any atom is 0.214 e. The molecule has 3 nitrogen and oxygen atoms in total. The SMILES string of the molecule is CCCN(C)C.Oc1ccsc1O. The molecule has 0 fully saturated rings. The molecule has 0 aliphatic carbocycles. The molecular formula is C9H17NO2S. The van der Waals surface area contributed by atoms with Crippen molar-refractivity contribution in [2.75, 3.05) is 20.6 Å². The van der Waals surface area contributed by atoms with Gasteiger partial charge in [0, 0.05) is 0 Å². The molecule has 0 spiro atoms. The van der Waals surface area contributed by atoms with Crippen molar-refractivity contribution in [2.45, 2.75) is 13.3 Å². The summed E-state index contributed by atoms with van der Waals surface area (Å²) >= 11 is 1.11. The van der Waals surface area contributed by atoms with Crippen molar-refractivity contribution in [2.24, 2.45) is 0 Å². The van der Waals surface area contributed by atoms with Crippen molar-refractivity contribution >= 4 is 11.3 Å². The predicted octanol–water partition coefficient (Wildman–Crippen LogP) is 2.12. The van der Waals surface area contributed by atoms with E-state index in [1.54, 1.807) is 5.38 Å². The minimum Gasteiger partial charge on any atom is -0.504 e. The third-order valence-electron chi connectivity index (χ3n) is 1.30. The lowest BCUT2D eigenvalue weighted by atomic mass is 10.5. The van der Waals surface area contributed by atoms with Crippen molar-refractivity contribution < 1.29 is 10.2 Å². The zero-order valence-corrected chi connectivity index (χ0v) is 9.14. The van der Waals surface area contributed by atoms with E-state index in [-0.39, 0.29) is 10.8 Å². The minimum absolute atomic E-state index is 0.0139. The monoisotopic (exact) mass is 203 g/mol. The summed E-state index contributed by atoms with van der Waals surface area (Å²) in [6, 6.07) is 1.44. The van der Waals surface area contributed by atoms with Gasteiger partial charge in [0.2, 0.25) is 5.06 Å². The number of nitrogens with zero attached hydrogens (tertiary/aromatic N) is 1. The van der Waals surface area contributed by atoms with Gasteiger partial charge in [-0.2, -0.15) is 0 Å². The molecular weight excluding hydrogens is 186 g/mol. The number of thiophene rings is 1. The molecule has 1 rings (SSSR count). The molecule has 0 radical (unpaired) electrons. The maximum absolute atomic E-state index is 8.53. The number of hydrogen-bond donors (Lipinski definition) is 2. The van der Waals surface area contributed by atoms with E-state index in [1.807, 2.05) is 0 Å². The van der Waals surface area contributed by atoms with Gasteiger partial charge >= 0.3 is 0 Å². The Morgan fingerprint density at radius 1 is 1.38 bits per heavy atom. The Morgan fingerprint density at radius 2 is 2.00 bits per heavy atom. The summed E-state index contributed by atoms with van der Waals surface area (Å²) in [6.45, 7) is 3.39. The van der Waals surface area contributed by atoms with Crippen molar-refractivity contribution in [3.05, 3.63) is 11.4 Å². The van der Waals surface area contributed by atoms with Gasteiger partial charge in [-0.05, 0) is 38.5 Å². The van der Waals surface area contributed by atoms with Crippen LogP contribution in [0, 0.1) is 0 Å². The van der Waals surface area contributed by atoms with Crippen LogP contribution in [0.2, 0.25) is 0 Å². The first-order valence-electron chi connectivity index (χ1n) is 4.18. The van der Waals surface area contributed by atoms with Gasteiger partial charge < -0.3 is 15.1 Å². The predicted molar refractivity (Wildman–Crippen MR) is 56.5 cm³/mol. The van der Waals surface area contributed by atoms with Crippen molar-refractivity contribution in [3.63, 3.8) is 0 Å². The zero-order valence-electron chi connectivity index (χ0n) is 8.32. The van der Waals surface area contributed by atoms with Crippen LogP contribution < -0.4 is 0 Å². The van der Waals surface area contributed by atoms with Crippen LogP contribution in [-0.2, 0) is 0 Å². The van der Waals surface area contributed by atoms with Crippen molar-refractivity contribution in [1.29, 1.82) is 0 Å². The van der Waals surface area contributed by atoms with E-state index in [0.717, 1.165) is 11.3 Å². The molecule has 0 saturated heterocycles. The first-order valence-corrected chi connectivity index (χ1v) is 5.06. The van der Waals surface area contributed by atoms with Gasteiger partial charge in [0.05, 0.1) is 0 Å². The number of rotatable bonds is 2. The van der Waals surface area contributed by atoms with Crippen molar-refractivity contribution in [3.8, 4) is 10.8 Å². The second kappa shape index (κ2) is 6.74. The molecule has 13 heavy (non-hydrogen) atoms. The second-order valence-corrected chi connectivity index (χ2v) is 3.81. The summed E-state index contributed by atoms with van der Waals surface area (Å²) in [4.78, 5) is 2.18. The van der Waals surface area contributed by atoms with E-state index in [2.05, 4.69) is 25.9 Å². The molecule has 0 saturated carbocycles. The highest BCUT2D eigenvalue weighted by Gasteiger charge is 1.94. The molecule has 1 aromatic heterocycles. The first kappa shape index (κ1) is 12.3. The highest BCUT2D eigenvalue weighted by Crippen LogP contribution is 2.29. The lowest BCUT2D eigenvalue weighted by Gasteiger charge is -2.03. The lowest BCUT2D eigenvalue weighted by molar-refractivity contribution is 0.408. The molecule has 0 amide bonds. The van der Waals surface area contributed by atoms with E-state index in [1.165, 1.54) is 19.0 Å². The Bertz CT molecular complexity index is 207. The maximum atomic E-state index is 8.53. The molecule has 1 heterocycles. The number of hydrogen-bond acceptors (Lipinski definition) is 4. The Hall–Kier alpha value is -0.740.